The molecule has 104 valence electrons. The van der Waals surface area contributed by atoms with E-state index in [1.165, 1.54) is 12.1 Å². The average Bonchev–Trinajstić information content (AvgIpc) is 2.44. The Hall–Kier alpha value is -2.49. The van der Waals surface area contributed by atoms with Crippen molar-refractivity contribution in [2.75, 3.05) is 5.32 Å². The SMILES string of the molecule is Cc1ccccc1NC(=O)C(C)Oc1ccc(O)cc1. The highest BCUT2D eigenvalue weighted by atomic mass is 16.5. The summed E-state index contributed by atoms with van der Waals surface area (Å²) in [4.78, 5) is 12.1. The second-order valence-corrected chi connectivity index (χ2v) is 4.56. The van der Waals surface area contributed by atoms with Gasteiger partial charge in [0.25, 0.3) is 5.91 Å². The molecule has 2 rings (SSSR count). The number of aromatic hydroxyl groups is 1. The van der Waals surface area contributed by atoms with Gasteiger partial charge in [-0.2, -0.15) is 0 Å². The van der Waals surface area contributed by atoms with Crippen LogP contribution in [-0.2, 0) is 4.79 Å². The van der Waals surface area contributed by atoms with Crippen molar-refractivity contribution in [2.45, 2.75) is 20.0 Å². The van der Waals surface area contributed by atoms with E-state index in [9.17, 15) is 9.90 Å². The number of carbonyl (C=O) groups excluding carboxylic acids is 1. The molecule has 4 nitrogen and oxygen atoms in total. The Morgan fingerprint density at radius 1 is 1.15 bits per heavy atom. The maximum atomic E-state index is 12.1. The Morgan fingerprint density at radius 3 is 2.45 bits per heavy atom. The molecule has 1 unspecified atom stereocenters. The van der Waals surface area contributed by atoms with Crippen LogP contribution in [-0.4, -0.2) is 17.1 Å². The number of anilines is 1. The van der Waals surface area contributed by atoms with Gasteiger partial charge in [0, 0.05) is 5.69 Å². The number of carbonyl (C=O) groups is 1. The maximum absolute atomic E-state index is 12.1. The minimum atomic E-state index is -0.626. The second-order valence-electron chi connectivity index (χ2n) is 4.56. The monoisotopic (exact) mass is 271 g/mol. The molecule has 0 heterocycles. The van der Waals surface area contributed by atoms with Gasteiger partial charge in [-0.15, -0.1) is 0 Å². The molecule has 20 heavy (non-hydrogen) atoms. The van der Waals surface area contributed by atoms with Crippen LogP contribution in [0.4, 0.5) is 5.69 Å². The number of amides is 1. The molecule has 0 aliphatic carbocycles. The fourth-order valence-corrected chi connectivity index (χ4v) is 1.73. The molecular weight excluding hydrogens is 254 g/mol. The molecule has 0 saturated carbocycles. The molecule has 0 saturated heterocycles. The van der Waals surface area contributed by atoms with Crippen LogP contribution < -0.4 is 10.1 Å². The van der Waals surface area contributed by atoms with Crippen molar-refractivity contribution < 1.29 is 14.6 Å². The molecule has 0 aromatic heterocycles. The lowest BCUT2D eigenvalue weighted by atomic mass is 10.2. The van der Waals surface area contributed by atoms with Crippen molar-refractivity contribution in [2.24, 2.45) is 0 Å². The van der Waals surface area contributed by atoms with E-state index in [0.717, 1.165) is 11.3 Å². The third kappa shape index (κ3) is 3.51. The van der Waals surface area contributed by atoms with Crippen LogP contribution in [0.25, 0.3) is 0 Å². The summed E-state index contributed by atoms with van der Waals surface area (Å²) in [5.74, 6) is 0.483. The molecule has 0 radical (unpaired) electrons. The van der Waals surface area contributed by atoms with Crippen LogP contribution >= 0.6 is 0 Å². The standard InChI is InChI=1S/C16H17NO3/c1-11-5-3-4-6-15(11)17-16(19)12(2)20-14-9-7-13(18)8-10-14/h3-10,12,18H,1-2H3,(H,17,19). The molecular formula is C16H17NO3. The van der Waals surface area contributed by atoms with E-state index < -0.39 is 6.10 Å². The van der Waals surface area contributed by atoms with E-state index in [-0.39, 0.29) is 11.7 Å². The van der Waals surface area contributed by atoms with Crippen molar-refractivity contribution in [1.29, 1.82) is 0 Å². The lowest BCUT2D eigenvalue weighted by Gasteiger charge is -2.15. The molecule has 1 amide bonds. The van der Waals surface area contributed by atoms with E-state index in [4.69, 9.17) is 4.74 Å². The van der Waals surface area contributed by atoms with Gasteiger partial charge in [-0.1, -0.05) is 18.2 Å². The first-order valence-electron chi connectivity index (χ1n) is 6.38. The van der Waals surface area contributed by atoms with Crippen LogP contribution in [0, 0.1) is 6.92 Å². The van der Waals surface area contributed by atoms with Gasteiger partial charge in [0.2, 0.25) is 0 Å². The number of phenols is 1. The average molecular weight is 271 g/mol. The fourth-order valence-electron chi connectivity index (χ4n) is 1.73. The summed E-state index contributed by atoms with van der Waals surface area (Å²) >= 11 is 0. The van der Waals surface area contributed by atoms with E-state index >= 15 is 0 Å². The van der Waals surface area contributed by atoms with Crippen molar-refractivity contribution in [3.05, 3.63) is 54.1 Å². The minimum Gasteiger partial charge on any atom is -0.508 e. The number of aryl methyl sites for hydroxylation is 1. The fraction of sp³-hybridized carbons (Fsp3) is 0.188. The molecule has 0 spiro atoms. The van der Waals surface area contributed by atoms with Gasteiger partial charge in [0.15, 0.2) is 6.10 Å². The number of phenolic OH excluding ortho intramolecular Hbond substituents is 1. The number of hydrogen-bond donors (Lipinski definition) is 2. The molecule has 0 aliphatic rings. The van der Waals surface area contributed by atoms with Crippen molar-refractivity contribution in [1.82, 2.24) is 0 Å². The number of nitrogens with one attached hydrogen (secondary N) is 1. The van der Waals surface area contributed by atoms with Gasteiger partial charge in [-0.05, 0) is 49.7 Å². The quantitative estimate of drug-likeness (QED) is 0.898. The summed E-state index contributed by atoms with van der Waals surface area (Å²) in [5.41, 5.74) is 1.77. The minimum absolute atomic E-state index is 0.161. The Balaban J connectivity index is 1.99. The van der Waals surface area contributed by atoms with Gasteiger partial charge in [-0.3, -0.25) is 4.79 Å². The Kier molecular flexibility index (Phi) is 4.25. The van der Waals surface area contributed by atoms with Gasteiger partial charge >= 0.3 is 0 Å². The highest BCUT2D eigenvalue weighted by molar-refractivity contribution is 5.94. The zero-order chi connectivity index (χ0) is 14.5. The van der Waals surface area contributed by atoms with Crippen LogP contribution in [0.2, 0.25) is 0 Å². The van der Waals surface area contributed by atoms with E-state index in [2.05, 4.69) is 5.32 Å². The number of benzene rings is 2. The third-order valence-corrected chi connectivity index (χ3v) is 2.92. The smallest absolute Gasteiger partial charge is 0.265 e. The normalized spacial score (nSPS) is 11.7. The summed E-state index contributed by atoms with van der Waals surface area (Å²) < 4.78 is 5.52. The molecule has 0 fully saturated rings. The first kappa shape index (κ1) is 13.9. The first-order chi connectivity index (χ1) is 9.56. The zero-order valence-electron chi connectivity index (χ0n) is 11.5. The predicted octanol–water partition coefficient (Wildman–Crippen LogP) is 3.11. The second kappa shape index (κ2) is 6.10. The van der Waals surface area contributed by atoms with Crippen LogP contribution in [0.5, 0.6) is 11.5 Å². The van der Waals surface area contributed by atoms with Gasteiger partial charge in [-0.25, -0.2) is 0 Å². The molecule has 2 aromatic carbocycles. The van der Waals surface area contributed by atoms with E-state index in [1.54, 1.807) is 19.1 Å². The molecule has 1 atom stereocenters. The molecule has 0 bridgehead atoms. The highest BCUT2D eigenvalue weighted by Crippen LogP contribution is 2.18. The topological polar surface area (TPSA) is 58.6 Å². The molecule has 2 N–H and O–H groups in total. The predicted molar refractivity (Wildman–Crippen MR) is 78.0 cm³/mol. The summed E-state index contributed by atoms with van der Waals surface area (Å²) in [6.07, 6.45) is -0.626. The van der Waals surface area contributed by atoms with Crippen molar-refractivity contribution >= 4 is 11.6 Å². The van der Waals surface area contributed by atoms with Crippen molar-refractivity contribution in [3.8, 4) is 11.5 Å². The van der Waals surface area contributed by atoms with Crippen LogP contribution in [0.1, 0.15) is 12.5 Å². The van der Waals surface area contributed by atoms with E-state index in [1.807, 2.05) is 31.2 Å². The Morgan fingerprint density at radius 2 is 1.80 bits per heavy atom. The number of para-hydroxylation sites is 1. The largest absolute Gasteiger partial charge is 0.508 e. The number of hydrogen-bond acceptors (Lipinski definition) is 3. The van der Waals surface area contributed by atoms with Crippen LogP contribution in [0.3, 0.4) is 0 Å². The summed E-state index contributed by atoms with van der Waals surface area (Å²) in [5, 5.41) is 12.0. The number of rotatable bonds is 4. The Labute approximate surface area is 118 Å². The van der Waals surface area contributed by atoms with Crippen molar-refractivity contribution in [3.63, 3.8) is 0 Å². The molecule has 4 heteroatoms. The summed E-state index contributed by atoms with van der Waals surface area (Å²) in [7, 11) is 0. The molecule has 2 aromatic rings. The Bertz CT molecular complexity index is 593. The highest BCUT2D eigenvalue weighted by Gasteiger charge is 2.15. The third-order valence-electron chi connectivity index (χ3n) is 2.92. The van der Waals surface area contributed by atoms with Crippen LogP contribution in [0.15, 0.2) is 48.5 Å². The lowest BCUT2D eigenvalue weighted by molar-refractivity contribution is -0.122. The summed E-state index contributed by atoms with van der Waals surface area (Å²) in [6.45, 7) is 3.61. The lowest BCUT2D eigenvalue weighted by Crippen LogP contribution is -2.30. The van der Waals surface area contributed by atoms with E-state index in [0.29, 0.717) is 5.75 Å². The summed E-state index contributed by atoms with van der Waals surface area (Å²) in [6, 6.07) is 13.8. The van der Waals surface area contributed by atoms with Gasteiger partial charge in [0.05, 0.1) is 0 Å². The number of ether oxygens (including phenoxy) is 1. The first-order valence-corrected chi connectivity index (χ1v) is 6.38. The zero-order valence-corrected chi connectivity index (χ0v) is 11.5. The van der Waals surface area contributed by atoms with Gasteiger partial charge in [0.1, 0.15) is 11.5 Å². The molecule has 0 aliphatic heterocycles. The maximum Gasteiger partial charge on any atom is 0.265 e. The van der Waals surface area contributed by atoms with Gasteiger partial charge < -0.3 is 15.2 Å².